The quantitative estimate of drug-likeness (QED) is 0.272. The van der Waals surface area contributed by atoms with Crippen molar-refractivity contribution in [3.63, 3.8) is 0 Å². The van der Waals surface area contributed by atoms with Gasteiger partial charge in [0.1, 0.15) is 0 Å². The van der Waals surface area contributed by atoms with Crippen LogP contribution in [0.15, 0.2) is 0 Å². The first-order valence-corrected chi connectivity index (χ1v) is 26.6. The summed E-state index contributed by atoms with van der Waals surface area (Å²) in [5.41, 5.74) is 25.3. The van der Waals surface area contributed by atoms with Crippen LogP contribution in [0.5, 0.6) is 0 Å². The molecule has 43 atom stereocenters. The second kappa shape index (κ2) is 4.21. The number of fused-ring (bicyclic) bond motifs is 10. The van der Waals surface area contributed by atoms with Gasteiger partial charge in [0, 0.05) is 21.8 Å². The number of hydrogen-bond donors (Lipinski definition) is 1. The maximum Gasteiger partial charge on any atom is 0.0332 e. The van der Waals surface area contributed by atoms with Gasteiger partial charge in [-0.2, -0.15) is 0 Å². The molecule has 17 spiro atoms. The minimum Gasteiger partial charge on any atom is -0.324 e. The van der Waals surface area contributed by atoms with Gasteiger partial charge < -0.3 is 5.73 Å². The summed E-state index contributed by atoms with van der Waals surface area (Å²) >= 11 is 0. The van der Waals surface area contributed by atoms with Crippen LogP contribution >= 0.6 is 0 Å². The summed E-state index contributed by atoms with van der Waals surface area (Å²) in [4.78, 5) is 0. The minimum absolute atomic E-state index is 0.237. The summed E-state index contributed by atoms with van der Waals surface area (Å²) in [5.74, 6) is 24.5. The zero-order valence-corrected chi connectivity index (χ0v) is 34.9. The van der Waals surface area contributed by atoms with E-state index in [1.807, 2.05) is 0 Å². The molecule has 1 nitrogen and oxygen atoms in total. The van der Waals surface area contributed by atoms with Crippen LogP contribution in [-0.2, 0) is 0 Å². The third-order valence-electron chi connectivity index (χ3n) is 41.3. The van der Waals surface area contributed by atoms with Crippen LogP contribution in [0, 0.1) is 238 Å². The van der Waals surface area contributed by atoms with Crippen molar-refractivity contribution < 1.29 is 0 Å². The molecule has 0 bridgehead atoms. The van der Waals surface area contributed by atoms with Crippen LogP contribution in [0.2, 0.25) is 0 Å². The molecular weight excluding hydrogens is 675 g/mol. The highest BCUT2D eigenvalue weighted by atomic mass is 15.6. The number of rotatable bonds is 0. The van der Waals surface area contributed by atoms with Crippen molar-refractivity contribution in [2.75, 3.05) is 0 Å². The molecule has 0 aromatic carbocycles. The Kier molecular flexibility index (Phi) is 1.85. The molecule has 28 aliphatic carbocycles. The highest BCUT2D eigenvalue weighted by Crippen LogP contribution is 3.59. The summed E-state index contributed by atoms with van der Waals surface area (Å²) < 4.78 is 0. The molecule has 28 fully saturated rings. The van der Waals surface area contributed by atoms with Crippen LogP contribution in [-0.4, -0.2) is 5.54 Å². The van der Waals surface area contributed by atoms with Gasteiger partial charge in [0.2, 0.25) is 0 Å². The van der Waals surface area contributed by atoms with Crippen molar-refractivity contribution in [1.29, 1.82) is 0 Å². The van der Waals surface area contributed by atoms with E-state index < -0.39 is 0 Å². The fourth-order valence-electron chi connectivity index (χ4n) is 48.0. The first-order chi connectivity index (χ1) is 26.8. The van der Waals surface area contributed by atoms with E-state index in [-0.39, 0.29) is 5.54 Å². The second-order valence-corrected chi connectivity index (χ2v) is 32.9. The van der Waals surface area contributed by atoms with Crippen molar-refractivity contribution in [2.24, 2.45) is 244 Å². The summed E-state index contributed by atoms with van der Waals surface area (Å²) in [6.07, 6.45) is 5.11. The third-order valence-corrected chi connectivity index (χ3v) is 41.3. The van der Waals surface area contributed by atoms with E-state index in [1.165, 1.54) is 71.0 Å². The van der Waals surface area contributed by atoms with Crippen molar-refractivity contribution in [3.05, 3.63) is 0 Å². The highest BCUT2D eigenvalue weighted by Gasteiger charge is 3.58. The molecular formula is C55H57N. The third kappa shape index (κ3) is 0.697. The monoisotopic (exact) mass is 731 g/mol. The molecule has 1 heteroatoms. The van der Waals surface area contributed by atoms with Gasteiger partial charge in [-0.15, -0.1) is 0 Å². The first-order valence-electron chi connectivity index (χ1n) is 26.6. The van der Waals surface area contributed by atoms with Crippen LogP contribution < -0.4 is 5.73 Å². The molecule has 28 saturated carbocycles. The Balaban J connectivity index is 0.888. The lowest BCUT2D eigenvalue weighted by molar-refractivity contribution is -1.12. The predicted octanol–water partition coefficient (Wildman–Crippen LogP) is 7.70. The van der Waals surface area contributed by atoms with E-state index in [0.717, 1.165) is 135 Å². The van der Waals surface area contributed by atoms with Crippen molar-refractivity contribution in [2.45, 2.75) is 87.1 Å². The fourth-order valence-corrected chi connectivity index (χ4v) is 48.0. The molecule has 0 aromatic rings. The fraction of sp³-hybridized carbons (Fsp3) is 1.00. The molecule has 2 N–H and O–H groups in total. The Morgan fingerprint density at radius 2 is 1.05 bits per heavy atom. The van der Waals surface area contributed by atoms with E-state index >= 15 is 0 Å². The van der Waals surface area contributed by atoms with Gasteiger partial charge in [-0.1, -0.05) is 62.3 Å². The van der Waals surface area contributed by atoms with Gasteiger partial charge in [-0.05, 0) is 242 Å². The molecule has 0 radical (unpaired) electrons. The normalized spacial score (nSPS) is 116. The van der Waals surface area contributed by atoms with Crippen molar-refractivity contribution in [1.82, 2.24) is 0 Å². The van der Waals surface area contributed by atoms with Gasteiger partial charge in [0.05, 0.1) is 0 Å². The predicted molar refractivity (Wildman–Crippen MR) is 197 cm³/mol. The molecule has 43 unspecified atom stereocenters. The lowest BCUT2D eigenvalue weighted by atomic mass is 8.46. The van der Waals surface area contributed by atoms with E-state index in [0.29, 0.717) is 32.5 Å². The number of hydrogen-bond acceptors (Lipinski definition) is 1. The lowest BCUT2D eigenvalue weighted by Gasteiger charge is -3.56. The van der Waals surface area contributed by atoms with Gasteiger partial charge in [0.15, 0.2) is 0 Å². The standard InChI is InChI=1S/C55H57N/c1-13-12-35(7)18(6)37(9)17(5)15(3)24-26-21-11-22-28-30-31-29-27-20-10-19-25-23-14(2)16(4)36(13,8)41-32(23)40(25)38(19,20)43(27)46(29)48(31)47(30)44(28)39(21,22)45(26)52(24,56)49(37)34-42(35)33(41)50(46,53(40,41)43)54(42,48)51(34,47)55(44,45)49/h13-34H,10-12,56H2,1-9H3. The summed E-state index contributed by atoms with van der Waals surface area (Å²) in [7, 11) is 0. The van der Waals surface area contributed by atoms with E-state index in [2.05, 4.69) is 62.3 Å². The van der Waals surface area contributed by atoms with Gasteiger partial charge in [0.25, 0.3) is 0 Å². The zero-order chi connectivity index (χ0) is 35.3. The van der Waals surface area contributed by atoms with Gasteiger partial charge in [-0.25, -0.2) is 0 Å². The second-order valence-electron chi connectivity index (χ2n) is 32.9. The average Bonchev–Trinajstić information content (AvgIpc) is 3.12. The van der Waals surface area contributed by atoms with E-state index in [4.69, 9.17) is 5.73 Å². The van der Waals surface area contributed by atoms with E-state index in [1.54, 1.807) is 19.3 Å². The Hall–Kier alpha value is -0.0400. The SMILES string of the molecule is CC1C2C3C4CC5C6C7C8C9C%10C%11CC%12C%13C%14C(C)C(C)C%15(C)C(C)C%16(C)CC(C)C(C)(C1C)C1%17C2C32C45C63C74C85C96C%107C%12%11C%138C%14(N)C%159C%10C%16%11C1C4(C%1723)C%115C%106C987. The largest absolute Gasteiger partial charge is 0.324 e. The molecule has 0 aliphatic heterocycles. The molecule has 0 aromatic heterocycles. The molecule has 0 saturated heterocycles. The Labute approximate surface area is 330 Å². The smallest absolute Gasteiger partial charge is 0.0332 e. The van der Waals surface area contributed by atoms with Crippen LogP contribution in [0.4, 0.5) is 0 Å². The maximum absolute atomic E-state index is 9.08. The Bertz CT molecular complexity index is 2940. The first kappa shape index (κ1) is 24.6. The lowest BCUT2D eigenvalue weighted by Crippen LogP contribution is -3.56. The molecule has 56 heavy (non-hydrogen) atoms. The van der Waals surface area contributed by atoms with Gasteiger partial charge >= 0.3 is 0 Å². The van der Waals surface area contributed by atoms with Crippen molar-refractivity contribution in [3.8, 4) is 0 Å². The Morgan fingerprint density at radius 1 is 0.446 bits per heavy atom. The van der Waals surface area contributed by atoms with Gasteiger partial charge in [-0.3, -0.25) is 0 Å². The molecule has 0 amide bonds. The zero-order valence-electron chi connectivity index (χ0n) is 34.9. The topological polar surface area (TPSA) is 26.0 Å². The average molecular weight is 732 g/mol. The summed E-state index contributed by atoms with van der Waals surface area (Å²) in [6.45, 7) is 27.2. The van der Waals surface area contributed by atoms with E-state index in [9.17, 15) is 0 Å². The molecule has 28 aliphatic rings. The van der Waals surface area contributed by atoms with Crippen LogP contribution in [0.3, 0.4) is 0 Å². The molecule has 282 valence electrons. The minimum atomic E-state index is 0.237. The summed E-state index contributed by atoms with van der Waals surface area (Å²) in [6, 6.07) is 0. The van der Waals surface area contributed by atoms with Crippen LogP contribution in [0.25, 0.3) is 0 Å². The highest BCUT2D eigenvalue weighted by molar-refractivity contribution is 6.03. The summed E-state index contributed by atoms with van der Waals surface area (Å²) in [5, 5.41) is 0. The molecule has 28 rings (SSSR count). The molecule has 0 heterocycles. The number of nitrogens with two attached hydrogens (primary N) is 1. The van der Waals surface area contributed by atoms with Crippen molar-refractivity contribution >= 4 is 0 Å². The Morgan fingerprint density at radius 3 is 1.79 bits per heavy atom. The van der Waals surface area contributed by atoms with Crippen LogP contribution in [0.1, 0.15) is 81.6 Å². The maximum atomic E-state index is 9.08.